The summed E-state index contributed by atoms with van der Waals surface area (Å²) in [4.78, 5) is 4.22. The number of hydrogen-bond acceptors (Lipinski definition) is 4. The van der Waals surface area contributed by atoms with Crippen LogP contribution in [0.1, 0.15) is 25.5 Å². The molecule has 0 unspecified atom stereocenters. The summed E-state index contributed by atoms with van der Waals surface area (Å²) >= 11 is 6.14. The van der Waals surface area contributed by atoms with Crippen LogP contribution in [0.5, 0.6) is 11.6 Å². The molecule has 2 rings (SSSR count). The van der Waals surface area contributed by atoms with Crippen LogP contribution >= 0.6 is 11.6 Å². The molecule has 0 spiro atoms. The van der Waals surface area contributed by atoms with E-state index in [-0.39, 0.29) is 0 Å². The van der Waals surface area contributed by atoms with Gasteiger partial charge in [0.2, 0.25) is 5.88 Å². The Bertz CT molecular complexity index is 553. The molecule has 0 aliphatic carbocycles. The van der Waals surface area contributed by atoms with E-state index in [2.05, 4.69) is 29.2 Å². The fraction of sp³-hybridized carbons (Fsp3) is 0.385. The normalized spacial score (nSPS) is 11.0. The molecule has 0 fully saturated rings. The van der Waals surface area contributed by atoms with Crippen LogP contribution in [-0.4, -0.2) is 21.8 Å². The highest BCUT2D eigenvalue weighted by atomic mass is 35.5. The number of halogens is 1. The van der Waals surface area contributed by atoms with Gasteiger partial charge in [0.15, 0.2) is 5.75 Å². The van der Waals surface area contributed by atoms with Crippen LogP contribution in [0.15, 0.2) is 24.7 Å². The SMILES string of the molecule is CNCc1cnc(Oc2cnn(C(C)C)c2)c(Cl)c1. The monoisotopic (exact) mass is 280 g/mol. The maximum atomic E-state index is 6.14. The van der Waals surface area contributed by atoms with E-state index in [1.807, 2.05) is 24.0 Å². The molecule has 0 bridgehead atoms. The summed E-state index contributed by atoms with van der Waals surface area (Å²) < 4.78 is 7.44. The Balaban J connectivity index is 2.13. The number of nitrogens with one attached hydrogen (secondary N) is 1. The van der Waals surface area contributed by atoms with Gasteiger partial charge in [-0.25, -0.2) is 4.98 Å². The summed E-state index contributed by atoms with van der Waals surface area (Å²) in [6.45, 7) is 4.82. The van der Waals surface area contributed by atoms with Gasteiger partial charge in [0.05, 0.1) is 12.4 Å². The van der Waals surface area contributed by atoms with Gasteiger partial charge in [-0.3, -0.25) is 4.68 Å². The molecule has 6 heteroatoms. The van der Waals surface area contributed by atoms with Crippen molar-refractivity contribution < 1.29 is 4.74 Å². The second-order valence-corrected chi connectivity index (χ2v) is 4.92. The molecule has 2 aromatic rings. The van der Waals surface area contributed by atoms with E-state index >= 15 is 0 Å². The number of nitrogens with zero attached hydrogens (tertiary/aromatic N) is 3. The van der Waals surface area contributed by atoms with Crippen molar-refractivity contribution in [3.8, 4) is 11.6 Å². The number of rotatable bonds is 5. The number of ether oxygens (including phenoxy) is 1. The molecule has 0 aliphatic heterocycles. The Kier molecular flexibility index (Phi) is 4.39. The van der Waals surface area contributed by atoms with E-state index in [1.54, 1.807) is 12.4 Å². The lowest BCUT2D eigenvalue weighted by Gasteiger charge is -2.06. The molecule has 102 valence electrons. The average Bonchev–Trinajstić information content (AvgIpc) is 2.82. The summed E-state index contributed by atoms with van der Waals surface area (Å²) in [6, 6.07) is 2.13. The topological polar surface area (TPSA) is 52.0 Å². The molecule has 0 aliphatic rings. The number of pyridine rings is 1. The minimum absolute atomic E-state index is 0.291. The first-order valence-electron chi connectivity index (χ1n) is 6.11. The van der Waals surface area contributed by atoms with Crippen molar-refractivity contribution in [1.82, 2.24) is 20.1 Å². The maximum absolute atomic E-state index is 6.14. The standard InChI is InChI=1S/C13H17ClN4O/c1-9(2)18-8-11(7-17-18)19-13-12(14)4-10(5-15-3)6-16-13/h4,6-9,15H,5H2,1-3H3. The molecule has 19 heavy (non-hydrogen) atoms. The maximum Gasteiger partial charge on any atom is 0.238 e. The zero-order valence-electron chi connectivity index (χ0n) is 11.2. The summed E-state index contributed by atoms with van der Waals surface area (Å²) in [6.07, 6.45) is 5.22. The minimum Gasteiger partial charge on any atom is -0.434 e. The smallest absolute Gasteiger partial charge is 0.238 e. The third kappa shape index (κ3) is 3.45. The number of hydrogen-bond donors (Lipinski definition) is 1. The molecule has 0 amide bonds. The van der Waals surface area contributed by atoms with Gasteiger partial charge >= 0.3 is 0 Å². The fourth-order valence-corrected chi connectivity index (χ4v) is 1.84. The van der Waals surface area contributed by atoms with Crippen LogP contribution in [0.3, 0.4) is 0 Å². The summed E-state index contributed by atoms with van der Waals surface area (Å²) in [5, 5.41) is 7.73. The first kappa shape index (κ1) is 13.8. The van der Waals surface area contributed by atoms with Gasteiger partial charge in [0.25, 0.3) is 0 Å². The van der Waals surface area contributed by atoms with Crippen LogP contribution in [0, 0.1) is 0 Å². The van der Waals surface area contributed by atoms with Crippen molar-refractivity contribution in [1.29, 1.82) is 0 Å². The molecular formula is C13H17ClN4O. The van der Waals surface area contributed by atoms with E-state index < -0.39 is 0 Å². The molecule has 0 saturated carbocycles. The highest BCUT2D eigenvalue weighted by Gasteiger charge is 2.08. The van der Waals surface area contributed by atoms with E-state index in [9.17, 15) is 0 Å². The Morgan fingerprint density at radius 1 is 1.42 bits per heavy atom. The molecule has 2 aromatic heterocycles. The van der Waals surface area contributed by atoms with Crippen LogP contribution in [0.2, 0.25) is 5.02 Å². The first-order chi connectivity index (χ1) is 9.10. The number of aromatic nitrogens is 3. The van der Waals surface area contributed by atoms with E-state index in [1.165, 1.54) is 0 Å². The van der Waals surface area contributed by atoms with Crippen molar-refractivity contribution in [3.63, 3.8) is 0 Å². The van der Waals surface area contributed by atoms with Gasteiger partial charge in [0.1, 0.15) is 5.02 Å². The van der Waals surface area contributed by atoms with Crippen molar-refractivity contribution in [2.45, 2.75) is 26.4 Å². The zero-order valence-corrected chi connectivity index (χ0v) is 12.0. The molecule has 0 atom stereocenters. The van der Waals surface area contributed by atoms with Crippen LogP contribution in [-0.2, 0) is 6.54 Å². The van der Waals surface area contributed by atoms with Gasteiger partial charge in [0, 0.05) is 18.8 Å². The van der Waals surface area contributed by atoms with Crippen molar-refractivity contribution >= 4 is 11.6 Å². The third-order valence-corrected chi connectivity index (χ3v) is 2.84. The van der Waals surface area contributed by atoms with Crippen LogP contribution < -0.4 is 10.1 Å². The lowest BCUT2D eigenvalue weighted by molar-refractivity contribution is 0.459. The zero-order chi connectivity index (χ0) is 13.8. The van der Waals surface area contributed by atoms with Crippen molar-refractivity contribution in [3.05, 3.63) is 35.2 Å². The Morgan fingerprint density at radius 3 is 2.79 bits per heavy atom. The molecule has 0 radical (unpaired) electrons. The Morgan fingerprint density at radius 2 is 2.21 bits per heavy atom. The Labute approximate surface area is 117 Å². The van der Waals surface area contributed by atoms with Crippen molar-refractivity contribution in [2.75, 3.05) is 7.05 Å². The first-order valence-corrected chi connectivity index (χ1v) is 6.49. The third-order valence-electron chi connectivity index (χ3n) is 2.57. The summed E-state index contributed by atoms with van der Waals surface area (Å²) in [7, 11) is 1.87. The summed E-state index contributed by atoms with van der Waals surface area (Å²) in [5.74, 6) is 1.02. The molecule has 2 heterocycles. The van der Waals surface area contributed by atoms with Gasteiger partial charge in [-0.1, -0.05) is 11.6 Å². The van der Waals surface area contributed by atoms with E-state index in [0.29, 0.717) is 22.7 Å². The predicted molar refractivity (Wildman–Crippen MR) is 74.7 cm³/mol. The van der Waals surface area contributed by atoms with Gasteiger partial charge < -0.3 is 10.1 Å². The van der Waals surface area contributed by atoms with Crippen molar-refractivity contribution in [2.24, 2.45) is 0 Å². The molecule has 1 N–H and O–H groups in total. The second-order valence-electron chi connectivity index (χ2n) is 4.51. The van der Waals surface area contributed by atoms with Gasteiger partial charge in [-0.05, 0) is 32.5 Å². The average molecular weight is 281 g/mol. The van der Waals surface area contributed by atoms with Crippen LogP contribution in [0.25, 0.3) is 0 Å². The minimum atomic E-state index is 0.291. The van der Waals surface area contributed by atoms with Gasteiger partial charge in [-0.2, -0.15) is 5.10 Å². The van der Waals surface area contributed by atoms with E-state index in [0.717, 1.165) is 12.1 Å². The Hall–Kier alpha value is -1.59. The largest absolute Gasteiger partial charge is 0.434 e. The molecule has 5 nitrogen and oxygen atoms in total. The quantitative estimate of drug-likeness (QED) is 0.915. The molecule has 0 saturated heterocycles. The predicted octanol–water partition coefficient (Wildman–Crippen LogP) is 3.02. The van der Waals surface area contributed by atoms with Crippen LogP contribution in [0.4, 0.5) is 0 Å². The highest BCUT2D eigenvalue weighted by molar-refractivity contribution is 6.31. The van der Waals surface area contributed by atoms with Gasteiger partial charge in [-0.15, -0.1) is 0 Å². The molecular weight excluding hydrogens is 264 g/mol. The second kappa shape index (κ2) is 6.04. The lowest BCUT2D eigenvalue weighted by atomic mass is 10.3. The lowest BCUT2D eigenvalue weighted by Crippen LogP contribution is -2.05. The summed E-state index contributed by atoms with van der Waals surface area (Å²) in [5.41, 5.74) is 1.01. The molecule has 0 aromatic carbocycles. The highest BCUT2D eigenvalue weighted by Crippen LogP contribution is 2.27. The van der Waals surface area contributed by atoms with E-state index in [4.69, 9.17) is 16.3 Å². The fourth-order valence-electron chi connectivity index (χ4n) is 1.61.